The fraction of sp³-hybridized carbons (Fsp3) is 0.692. The van der Waals surface area contributed by atoms with Crippen molar-refractivity contribution in [3.05, 3.63) is 23.3 Å². The minimum Gasteiger partial charge on any atom is -0.0699 e. The maximum atomic E-state index is 2.36. The number of rotatable bonds is 4. The molecule has 0 aromatic heterocycles. The zero-order valence-electron chi connectivity index (χ0n) is 9.27. The van der Waals surface area contributed by atoms with E-state index in [-0.39, 0.29) is 0 Å². The molecule has 0 spiro atoms. The van der Waals surface area contributed by atoms with Gasteiger partial charge in [-0.1, -0.05) is 50.5 Å². The third kappa shape index (κ3) is 3.80. The van der Waals surface area contributed by atoms with E-state index in [1.54, 1.807) is 11.1 Å². The van der Waals surface area contributed by atoms with Gasteiger partial charge >= 0.3 is 0 Å². The maximum Gasteiger partial charge on any atom is -0.0280 e. The van der Waals surface area contributed by atoms with Gasteiger partial charge in [0.2, 0.25) is 0 Å². The first-order valence-corrected chi connectivity index (χ1v) is 5.59. The highest BCUT2D eigenvalue weighted by Crippen LogP contribution is 2.25. The van der Waals surface area contributed by atoms with Gasteiger partial charge in [0.25, 0.3) is 0 Å². The minimum absolute atomic E-state index is 0.812. The number of allylic oxidation sites excluding steroid dienone is 4. The van der Waals surface area contributed by atoms with Gasteiger partial charge in [-0.3, -0.25) is 0 Å². The Hall–Kier alpha value is -0.520. The van der Waals surface area contributed by atoms with Crippen LogP contribution in [-0.4, -0.2) is 0 Å². The Morgan fingerprint density at radius 3 is 2.23 bits per heavy atom. The molecule has 0 bridgehead atoms. The molecule has 0 fully saturated rings. The standard InChI is InChI=1S/C13H22/c1-4-5-12-6-8-13(9-7-12)10-11(2)3/h6,8,11H,4-5,7,9-10H2,1-3H3. The first-order valence-electron chi connectivity index (χ1n) is 5.59. The van der Waals surface area contributed by atoms with E-state index < -0.39 is 0 Å². The molecule has 0 radical (unpaired) electrons. The van der Waals surface area contributed by atoms with Gasteiger partial charge < -0.3 is 0 Å². The van der Waals surface area contributed by atoms with Crippen molar-refractivity contribution in [3.63, 3.8) is 0 Å². The quantitative estimate of drug-likeness (QED) is 0.595. The predicted octanol–water partition coefficient (Wildman–Crippen LogP) is 4.48. The Bertz CT molecular complexity index is 206. The second-order valence-corrected chi connectivity index (χ2v) is 4.50. The van der Waals surface area contributed by atoms with Crippen molar-refractivity contribution in [2.24, 2.45) is 5.92 Å². The molecule has 0 N–H and O–H groups in total. The van der Waals surface area contributed by atoms with Crippen LogP contribution in [0, 0.1) is 5.92 Å². The van der Waals surface area contributed by atoms with E-state index in [0.717, 1.165) is 5.92 Å². The van der Waals surface area contributed by atoms with Gasteiger partial charge in [0, 0.05) is 0 Å². The van der Waals surface area contributed by atoms with E-state index in [0.29, 0.717) is 0 Å². The fourth-order valence-corrected chi connectivity index (χ4v) is 1.95. The van der Waals surface area contributed by atoms with Crippen LogP contribution in [0.4, 0.5) is 0 Å². The highest BCUT2D eigenvalue weighted by molar-refractivity contribution is 5.24. The van der Waals surface area contributed by atoms with Crippen LogP contribution in [0.5, 0.6) is 0 Å². The summed E-state index contributed by atoms with van der Waals surface area (Å²) in [6.45, 7) is 6.85. The number of hydrogen-bond acceptors (Lipinski definition) is 0. The summed E-state index contributed by atoms with van der Waals surface area (Å²) in [5, 5.41) is 0. The molecule has 0 atom stereocenters. The molecule has 0 amide bonds. The van der Waals surface area contributed by atoms with Gasteiger partial charge in [-0.05, 0) is 31.6 Å². The Morgan fingerprint density at radius 2 is 1.77 bits per heavy atom. The van der Waals surface area contributed by atoms with Crippen LogP contribution in [-0.2, 0) is 0 Å². The lowest BCUT2D eigenvalue weighted by atomic mass is 9.91. The van der Waals surface area contributed by atoms with Gasteiger partial charge in [0.1, 0.15) is 0 Å². The Balaban J connectivity index is 2.44. The van der Waals surface area contributed by atoms with Crippen LogP contribution in [0.25, 0.3) is 0 Å². The summed E-state index contributed by atoms with van der Waals surface area (Å²) in [6.07, 6.45) is 11.2. The van der Waals surface area contributed by atoms with E-state index >= 15 is 0 Å². The molecule has 0 aromatic rings. The van der Waals surface area contributed by atoms with Gasteiger partial charge in [-0.25, -0.2) is 0 Å². The molecule has 1 rings (SSSR count). The van der Waals surface area contributed by atoms with Crippen LogP contribution in [0.2, 0.25) is 0 Å². The van der Waals surface area contributed by atoms with Crippen molar-refractivity contribution in [3.8, 4) is 0 Å². The fourth-order valence-electron chi connectivity index (χ4n) is 1.95. The average molecular weight is 178 g/mol. The minimum atomic E-state index is 0.812. The lowest BCUT2D eigenvalue weighted by Gasteiger charge is -2.15. The highest BCUT2D eigenvalue weighted by Gasteiger charge is 2.06. The Morgan fingerprint density at radius 1 is 1.15 bits per heavy atom. The van der Waals surface area contributed by atoms with Gasteiger partial charge in [0.15, 0.2) is 0 Å². The summed E-state index contributed by atoms with van der Waals surface area (Å²) in [5.74, 6) is 0.812. The molecule has 1 aliphatic carbocycles. The monoisotopic (exact) mass is 178 g/mol. The smallest absolute Gasteiger partial charge is 0.0280 e. The second kappa shape index (κ2) is 5.26. The normalized spacial score (nSPS) is 17.2. The van der Waals surface area contributed by atoms with Gasteiger partial charge in [-0.15, -0.1) is 0 Å². The molecule has 0 nitrogen and oxygen atoms in total. The van der Waals surface area contributed by atoms with Crippen molar-refractivity contribution in [2.45, 2.75) is 52.9 Å². The molecule has 0 aliphatic heterocycles. The summed E-state index contributed by atoms with van der Waals surface area (Å²) in [7, 11) is 0. The lowest BCUT2D eigenvalue weighted by Crippen LogP contribution is -1.97. The van der Waals surface area contributed by atoms with Crippen LogP contribution in [0.3, 0.4) is 0 Å². The molecular formula is C13H22. The molecule has 0 aromatic carbocycles. The summed E-state index contributed by atoms with van der Waals surface area (Å²) < 4.78 is 0. The average Bonchev–Trinajstić information content (AvgIpc) is 2.08. The highest BCUT2D eigenvalue weighted by atomic mass is 14.1. The molecule has 0 saturated carbocycles. The van der Waals surface area contributed by atoms with Crippen molar-refractivity contribution in [1.82, 2.24) is 0 Å². The predicted molar refractivity (Wildman–Crippen MR) is 59.8 cm³/mol. The molecular weight excluding hydrogens is 156 g/mol. The third-order valence-corrected chi connectivity index (χ3v) is 2.56. The van der Waals surface area contributed by atoms with Crippen LogP contribution in [0.15, 0.2) is 23.3 Å². The topological polar surface area (TPSA) is 0 Å². The zero-order chi connectivity index (χ0) is 9.68. The zero-order valence-corrected chi connectivity index (χ0v) is 9.27. The van der Waals surface area contributed by atoms with Crippen LogP contribution < -0.4 is 0 Å². The summed E-state index contributed by atoms with van der Waals surface area (Å²) in [4.78, 5) is 0. The van der Waals surface area contributed by atoms with E-state index in [2.05, 4.69) is 32.9 Å². The molecule has 0 unspecified atom stereocenters. The molecule has 74 valence electrons. The molecule has 13 heavy (non-hydrogen) atoms. The van der Waals surface area contributed by atoms with Gasteiger partial charge in [0.05, 0.1) is 0 Å². The molecule has 0 heterocycles. The molecule has 0 heteroatoms. The van der Waals surface area contributed by atoms with Crippen LogP contribution >= 0.6 is 0 Å². The van der Waals surface area contributed by atoms with Crippen molar-refractivity contribution < 1.29 is 0 Å². The van der Waals surface area contributed by atoms with E-state index in [1.807, 2.05) is 0 Å². The van der Waals surface area contributed by atoms with Gasteiger partial charge in [-0.2, -0.15) is 0 Å². The van der Waals surface area contributed by atoms with E-state index in [1.165, 1.54) is 32.1 Å². The van der Waals surface area contributed by atoms with E-state index in [9.17, 15) is 0 Å². The third-order valence-electron chi connectivity index (χ3n) is 2.56. The lowest BCUT2D eigenvalue weighted by molar-refractivity contribution is 0.618. The van der Waals surface area contributed by atoms with Crippen molar-refractivity contribution in [1.29, 1.82) is 0 Å². The summed E-state index contributed by atoms with van der Waals surface area (Å²) in [5.41, 5.74) is 3.30. The van der Waals surface area contributed by atoms with Crippen molar-refractivity contribution in [2.75, 3.05) is 0 Å². The molecule has 1 aliphatic rings. The Labute approximate surface area is 82.7 Å². The largest absolute Gasteiger partial charge is 0.0699 e. The summed E-state index contributed by atoms with van der Waals surface area (Å²) >= 11 is 0. The molecule has 0 saturated heterocycles. The maximum absolute atomic E-state index is 2.36. The first kappa shape index (κ1) is 10.6. The number of hydrogen-bond donors (Lipinski definition) is 0. The van der Waals surface area contributed by atoms with Crippen molar-refractivity contribution >= 4 is 0 Å². The second-order valence-electron chi connectivity index (χ2n) is 4.50. The van der Waals surface area contributed by atoms with E-state index in [4.69, 9.17) is 0 Å². The SMILES string of the molecule is CCCC1=CC=C(CC(C)C)CC1. The first-order chi connectivity index (χ1) is 6.22. The summed E-state index contributed by atoms with van der Waals surface area (Å²) in [6, 6.07) is 0. The Kier molecular flexibility index (Phi) is 4.27. The van der Waals surface area contributed by atoms with Crippen LogP contribution in [0.1, 0.15) is 52.9 Å².